The Morgan fingerprint density at radius 2 is 1.92 bits per heavy atom. The monoisotopic (exact) mass is 352 g/mol. The van der Waals surface area contributed by atoms with Crippen LogP contribution in [0, 0.1) is 5.92 Å². The van der Waals surface area contributed by atoms with Crippen LogP contribution in [0.3, 0.4) is 0 Å². The molecule has 1 amide bonds. The summed E-state index contributed by atoms with van der Waals surface area (Å²) in [5.41, 5.74) is 1.82. The highest BCUT2D eigenvalue weighted by Gasteiger charge is 2.24. The SMILES string of the molecule is CCCCNc1cnc(C(=O)N2CCC(Cc3ccccc3)CC2)cn1. The molecule has 0 spiro atoms. The second kappa shape index (κ2) is 9.32. The number of hydrogen-bond acceptors (Lipinski definition) is 4. The molecule has 1 aromatic carbocycles. The lowest BCUT2D eigenvalue weighted by Crippen LogP contribution is -2.39. The molecule has 1 aliphatic heterocycles. The van der Waals surface area contributed by atoms with Gasteiger partial charge in [0.05, 0.1) is 12.4 Å². The first-order chi connectivity index (χ1) is 12.8. The fourth-order valence-electron chi connectivity index (χ4n) is 3.37. The van der Waals surface area contributed by atoms with Crippen molar-refractivity contribution in [3.8, 4) is 0 Å². The molecule has 1 fully saturated rings. The number of nitrogens with one attached hydrogen (secondary N) is 1. The third-order valence-corrected chi connectivity index (χ3v) is 4.98. The Balaban J connectivity index is 1.48. The van der Waals surface area contributed by atoms with Gasteiger partial charge in [-0.15, -0.1) is 0 Å². The molecule has 26 heavy (non-hydrogen) atoms. The van der Waals surface area contributed by atoms with Crippen molar-refractivity contribution < 1.29 is 4.79 Å². The van der Waals surface area contributed by atoms with Gasteiger partial charge >= 0.3 is 0 Å². The minimum Gasteiger partial charge on any atom is -0.369 e. The predicted molar refractivity (Wildman–Crippen MR) is 104 cm³/mol. The van der Waals surface area contributed by atoms with Gasteiger partial charge in [0, 0.05) is 19.6 Å². The summed E-state index contributed by atoms with van der Waals surface area (Å²) < 4.78 is 0. The molecule has 0 radical (unpaired) electrons. The zero-order valence-electron chi connectivity index (χ0n) is 15.5. The molecular weight excluding hydrogens is 324 g/mol. The molecule has 3 rings (SSSR count). The van der Waals surface area contributed by atoms with E-state index in [1.807, 2.05) is 4.90 Å². The number of unbranched alkanes of at least 4 members (excludes halogenated alkanes) is 1. The Morgan fingerprint density at radius 3 is 2.58 bits per heavy atom. The first-order valence-electron chi connectivity index (χ1n) is 9.65. The number of anilines is 1. The summed E-state index contributed by atoms with van der Waals surface area (Å²) in [6.45, 7) is 4.63. The summed E-state index contributed by atoms with van der Waals surface area (Å²) in [6, 6.07) is 10.6. The van der Waals surface area contributed by atoms with Gasteiger partial charge in [0.2, 0.25) is 0 Å². The molecule has 0 bridgehead atoms. The average Bonchev–Trinajstić information content (AvgIpc) is 2.70. The molecule has 1 aromatic heterocycles. The molecule has 138 valence electrons. The lowest BCUT2D eigenvalue weighted by Gasteiger charge is -2.31. The van der Waals surface area contributed by atoms with Gasteiger partial charge in [-0.3, -0.25) is 4.79 Å². The Labute approximate surface area is 155 Å². The number of likely N-dealkylation sites (tertiary alicyclic amines) is 1. The zero-order valence-corrected chi connectivity index (χ0v) is 15.5. The van der Waals surface area contributed by atoms with E-state index in [4.69, 9.17) is 0 Å². The molecule has 5 nitrogen and oxygen atoms in total. The van der Waals surface area contributed by atoms with Gasteiger partial charge in [-0.2, -0.15) is 0 Å². The Hall–Kier alpha value is -2.43. The highest BCUT2D eigenvalue weighted by molar-refractivity contribution is 5.92. The molecular formula is C21H28N4O. The number of amides is 1. The molecule has 2 heterocycles. The number of benzene rings is 1. The van der Waals surface area contributed by atoms with Crippen molar-refractivity contribution in [1.29, 1.82) is 0 Å². The van der Waals surface area contributed by atoms with Gasteiger partial charge in [-0.05, 0) is 37.2 Å². The van der Waals surface area contributed by atoms with Crippen LogP contribution in [0.15, 0.2) is 42.7 Å². The molecule has 0 unspecified atom stereocenters. The number of aromatic nitrogens is 2. The van der Waals surface area contributed by atoms with Crippen LogP contribution in [0.5, 0.6) is 0 Å². The van der Waals surface area contributed by atoms with Crippen molar-refractivity contribution in [1.82, 2.24) is 14.9 Å². The second-order valence-corrected chi connectivity index (χ2v) is 6.99. The number of hydrogen-bond donors (Lipinski definition) is 1. The number of rotatable bonds is 7. The molecule has 1 aliphatic rings. The van der Waals surface area contributed by atoms with Crippen molar-refractivity contribution in [3.63, 3.8) is 0 Å². The molecule has 1 N–H and O–H groups in total. The van der Waals surface area contributed by atoms with E-state index in [-0.39, 0.29) is 5.91 Å². The van der Waals surface area contributed by atoms with Crippen LogP contribution in [0.4, 0.5) is 5.82 Å². The van der Waals surface area contributed by atoms with Gasteiger partial charge in [-0.25, -0.2) is 9.97 Å². The van der Waals surface area contributed by atoms with Crippen molar-refractivity contribution in [2.45, 2.75) is 39.0 Å². The smallest absolute Gasteiger partial charge is 0.274 e. The Bertz CT molecular complexity index is 679. The number of carbonyl (C=O) groups is 1. The van der Waals surface area contributed by atoms with Crippen molar-refractivity contribution in [2.75, 3.05) is 25.0 Å². The maximum Gasteiger partial charge on any atom is 0.274 e. The summed E-state index contributed by atoms with van der Waals surface area (Å²) in [5, 5.41) is 3.22. The van der Waals surface area contributed by atoms with Gasteiger partial charge in [0.1, 0.15) is 11.5 Å². The van der Waals surface area contributed by atoms with Crippen LogP contribution in [-0.2, 0) is 6.42 Å². The van der Waals surface area contributed by atoms with Crippen LogP contribution in [-0.4, -0.2) is 40.4 Å². The fourth-order valence-corrected chi connectivity index (χ4v) is 3.37. The number of carbonyl (C=O) groups excluding carboxylic acids is 1. The van der Waals surface area contributed by atoms with Crippen LogP contribution in [0.25, 0.3) is 0 Å². The number of piperidine rings is 1. The summed E-state index contributed by atoms with van der Waals surface area (Å²) >= 11 is 0. The van der Waals surface area contributed by atoms with Crippen molar-refractivity contribution in [3.05, 3.63) is 54.0 Å². The standard InChI is InChI=1S/C21H28N4O/c1-2-3-11-22-20-16-23-19(15-24-20)21(26)25-12-9-18(10-13-25)14-17-7-5-4-6-8-17/h4-8,15-16,18H,2-3,9-14H2,1H3,(H,22,24). The minimum absolute atomic E-state index is 0.00392. The molecule has 5 heteroatoms. The molecule has 0 aliphatic carbocycles. The maximum absolute atomic E-state index is 12.6. The predicted octanol–water partition coefficient (Wildman–Crippen LogP) is 3.78. The van der Waals surface area contributed by atoms with Gasteiger partial charge < -0.3 is 10.2 Å². The third-order valence-electron chi connectivity index (χ3n) is 4.98. The van der Waals surface area contributed by atoms with Crippen LogP contribution in [0.1, 0.15) is 48.7 Å². The molecule has 2 aromatic rings. The zero-order chi connectivity index (χ0) is 18.2. The van der Waals surface area contributed by atoms with E-state index in [9.17, 15) is 4.79 Å². The van der Waals surface area contributed by atoms with Crippen molar-refractivity contribution >= 4 is 11.7 Å². The second-order valence-electron chi connectivity index (χ2n) is 6.99. The lowest BCUT2D eigenvalue weighted by molar-refractivity contribution is 0.0684. The van der Waals surface area contributed by atoms with Crippen LogP contribution in [0.2, 0.25) is 0 Å². The highest BCUT2D eigenvalue weighted by atomic mass is 16.2. The van der Waals surface area contributed by atoms with E-state index < -0.39 is 0 Å². The Kier molecular flexibility index (Phi) is 6.58. The van der Waals surface area contributed by atoms with E-state index in [1.165, 1.54) is 5.56 Å². The maximum atomic E-state index is 12.6. The molecule has 1 saturated heterocycles. The number of nitrogens with zero attached hydrogens (tertiary/aromatic N) is 3. The molecule has 0 atom stereocenters. The van der Waals surface area contributed by atoms with E-state index in [0.29, 0.717) is 11.6 Å². The average molecular weight is 352 g/mol. The first-order valence-corrected chi connectivity index (χ1v) is 9.65. The van der Waals surface area contributed by atoms with Crippen LogP contribution < -0.4 is 5.32 Å². The minimum atomic E-state index is -0.00392. The van der Waals surface area contributed by atoms with E-state index in [1.54, 1.807) is 12.4 Å². The fraction of sp³-hybridized carbons (Fsp3) is 0.476. The third kappa shape index (κ3) is 5.04. The topological polar surface area (TPSA) is 58.1 Å². The van der Waals surface area contributed by atoms with Gasteiger partial charge in [-0.1, -0.05) is 43.7 Å². The van der Waals surface area contributed by atoms with Gasteiger partial charge in [0.15, 0.2) is 0 Å². The first kappa shape index (κ1) is 18.4. The Morgan fingerprint density at radius 1 is 1.15 bits per heavy atom. The summed E-state index contributed by atoms with van der Waals surface area (Å²) in [7, 11) is 0. The summed E-state index contributed by atoms with van der Waals surface area (Å²) in [5.74, 6) is 1.38. The van der Waals surface area contributed by atoms with Crippen molar-refractivity contribution in [2.24, 2.45) is 5.92 Å². The summed E-state index contributed by atoms with van der Waals surface area (Å²) in [4.78, 5) is 23.2. The van der Waals surface area contributed by atoms with E-state index >= 15 is 0 Å². The summed E-state index contributed by atoms with van der Waals surface area (Å²) in [6.07, 6.45) is 8.67. The lowest BCUT2D eigenvalue weighted by atomic mass is 9.90. The largest absolute Gasteiger partial charge is 0.369 e. The normalized spacial score (nSPS) is 15.0. The van der Waals surface area contributed by atoms with E-state index in [2.05, 4.69) is 52.5 Å². The highest BCUT2D eigenvalue weighted by Crippen LogP contribution is 2.22. The van der Waals surface area contributed by atoms with E-state index in [0.717, 1.165) is 57.6 Å². The molecule has 0 saturated carbocycles. The quantitative estimate of drug-likeness (QED) is 0.771. The van der Waals surface area contributed by atoms with Gasteiger partial charge in [0.25, 0.3) is 5.91 Å². The van der Waals surface area contributed by atoms with Crippen LogP contribution >= 0.6 is 0 Å².